The molecule has 0 saturated heterocycles. The van der Waals surface area contributed by atoms with Crippen molar-refractivity contribution in [2.24, 2.45) is 0 Å². The van der Waals surface area contributed by atoms with E-state index in [-0.39, 0.29) is 5.97 Å². The Hall–Kier alpha value is -1.92. The molecule has 0 aliphatic heterocycles. The molecule has 0 unspecified atom stereocenters. The molecule has 1 aromatic heterocycles. The van der Waals surface area contributed by atoms with Crippen LogP contribution in [0.4, 0.5) is 0 Å². The highest BCUT2D eigenvalue weighted by atomic mass is 32.1. The fraction of sp³-hybridized carbons (Fsp3) is 0.200. The number of thiazole rings is 1. The molecule has 0 saturated carbocycles. The van der Waals surface area contributed by atoms with E-state index in [2.05, 4.69) is 4.98 Å². The molecular weight excluding hydrogens is 306 g/mol. The minimum atomic E-state index is -0.383. The Morgan fingerprint density at radius 2 is 2.10 bits per heavy atom. The molecule has 0 fully saturated rings. The highest BCUT2D eigenvalue weighted by Gasteiger charge is 1.99. The van der Waals surface area contributed by atoms with Crippen LogP contribution in [0.25, 0.3) is 12.2 Å². The first-order valence-electron chi connectivity index (χ1n) is 6.35. The van der Waals surface area contributed by atoms with E-state index in [9.17, 15) is 4.79 Å². The zero-order valence-corrected chi connectivity index (χ0v) is 13.3. The van der Waals surface area contributed by atoms with Crippen molar-refractivity contribution in [1.82, 2.24) is 4.98 Å². The van der Waals surface area contributed by atoms with Crippen molar-refractivity contribution in [3.8, 4) is 5.75 Å². The minimum absolute atomic E-state index is 0.345. The molecule has 0 aliphatic rings. The largest absolute Gasteiger partial charge is 0.497 e. The summed E-state index contributed by atoms with van der Waals surface area (Å²) in [6.07, 6.45) is 3.38. The summed E-state index contributed by atoms with van der Waals surface area (Å²) in [5.41, 5.74) is 1.000. The minimum Gasteiger partial charge on any atom is -0.497 e. The molecular formula is C15H15NO3S2. The number of carbonyl (C=O) groups excluding carboxylic acids is 1. The van der Waals surface area contributed by atoms with Gasteiger partial charge in [-0.3, -0.25) is 0 Å². The number of methoxy groups -OCH3 is 1. The summed E-state index contributed by atoms with van der Waals surface area (Å²) < 4.78 is 11.5. The zero-order valence-electron chi connectivity index (χ0n) is 11.7. The van der Waals surface area contributed by atoms with Gasteiger partial charge in [0, 0.05) is 6.08 Å². The number of benzene rings is 1. The third kappa shape index (κ3) is 4.27. The molecule has 0 atom stereocenters. The first-order chi connectivity index (χ1) is 10.1. The predicted molar refractivity (Wildman–Crippen MR) is 86.4 cm³/mol. The summed E-state index contributed by atoms with van der Waals surface area (Å²) in [5, 5.41) is 0.666. The number of aromatic nitrogens is 1. The maximum Gasteiger partial charge on any atom is 0.332 e. The molecule has 0 aliphatic carbocycles. The quantitative estimate of drug-likeness (QED) is 0.691. The number of H-pyrrole nitrogens is 1. The van der Waals surface area contributed by atoms with Crippen LogP contribution in [0.15, 0.2) is 24.3 Å². The average molecular weight is 321 g/mol. The molecule has 1 heterocycles. The third-order valence-corrected chi connectivity index (χ3v) is 3.86. The number of hydrogen-bond donors (Lipinski definition) is 1. The van der Waals surface area contributed by atoms with Gasteiger partial charge in [0.15, 0.2) is 3.95 Å². The number of esters is 1. The van der Waals surface area contributed by atoms with Crippen molar-refractivity contribution in [2.45, 2.75) is 6.92 Å². The molecule has 2 rings (SSSR count). The van der Waals surface area contributed by atoms with Crippen LogP contribution in [0.3, 0.4) is 0 Å². The fourth-order valence-electron chi connectivity index (χ4n) is 1.72. The Kier molecular flexibility index (Phi) is 5.30. The number of rotatable bonds is 4. The van der Waals surface area contributed by atoms with Crippen molar-refractivity contribution < 1.29 is 14.3 Å². The summed E-state index contributed by atoms with van der Waals surface area (Å²) in [6.45, 7) is 2.11. The molecule has 21 heavy (non-hydrogen) atoms. The number of hydrogen-bond acceptors (Lipinski definition) is 5. The Balaban J connectivity index is 2.45. The SMILES string of the molecule is CCOC(=O)/C=c1\[nH]c(=S)s\c1=C/c1ccc(OC)cc1. The summed E-state index contributed by atoms with van der Waals surface area (Å²) in [7, 11) is 1.63. The maximum absolute atomic E-state index is 11.6. The molecule has 0 bridgehead atoms. The summed E-state index contributed by atoms with van der Waals surface area (Å²) >= 11 is 6.56. The van der Waals surface area contributed by atoms with Gasteiger partial charge in [-0.25, -0.2) is 4.79 Å². The van der Waals surface area contributed by atoms with Crippen molar-refractivity contribution >= 4 is 41.7 Å². The topological polar surface area (TPSA) is 51.3 Å². The van der Waals surface area contributed by atoms with E-state index >= 15 is 0 Å². The van der Waals surface area contributed by atoms with Crippen LogP contribution >= 0.6 is 23.6 Å². The van der Waals surface area contributed by atoms with Crippen LogP contribution in [-0.4, -0.2) is 24.7 Å². The van der Waals surface area contributed by atoms with E-state index in [1.54, 1.807) is 14.0 Å². The first kappa shape index (κ1) is 15.5. The van der Waals surface area contributed by atoms with Gasteiger partial charge < -0.3 is 14.5 Å². The van der Waals surface area contributed by atoms with Crippen molar-refractivity contribution in [3.05, 3.63) is 43.7 Å². The fourth-order valence-corrected chi connectivity index (χ4v) is 2.87. The zero-order chi connectivity index (χ0) is 15.2. The van der Waals surface area contributed by atoms with Gasteiger partial charge in [-0.05, 0) is 42.9 Å². The Morgan fingerprint density at radius 3 is 2.71 bits per heavy atom. The summed E-state index contributed by atoms with van der Waals surface area (Å²) in [5.74, 6) is 0.415. The average Bonchev–Trinajstić information content (AvgIpc) is 2.79. The van der Waals surface area contributed by atoms with Crippen LogP contribution in [0, 0.1) is 3.95 Å². The lowest BCUT2D eigenvalue weighted by Crippen LogP contribution is -2.23. The Labute approximate surface area is 131 Å². The standard InChI is InChI=1S/C15H15NO3S2/c1-3-19-14(17)9-12-13(21-15(20)16-12)8-10-4-6-11(18-2)7-5-10/h4-9H,3H2,1-2H3,(H,16,20)/b12-9-,13-8-. The lowest BCUT2D eigenvalue weighted by molar-refractivity contribution is -0.135. The molecule has 0 amide bonds. The Bertz CT molecular complexity index is 788. The molecule has 0 radical (unpaired) electrons. The van der Waals surface area contributed by atoms with E-state index in [0.29, 0.717) is 15.9 Å². The molecule has 110 valence electrons. The molecule has 1 aromatic carbocycles. The smallest absolute Gasteiger partial charge is 0.332 e. The Morgan fingerprint density at radius 1 is 1.38 bits per heavy atom. The van der Waals surface area contributed by atoms with Crippen LogP contribution < -0.4 is 14.6 Å². The van der Waals surface area contributed by atoms with E-state index in [4.69, 9.17) is 21.7 Å². The monoisotopic (exact) mass is 321 g/mol. The molecule has 2 aromatic rings. The lowest BCUT2D eigenvalue weighted by Gasteiger charge is -1.98. The number of carbonyl (C=O) groups is 1. The van der Waals surface area contributed by atoms with Gasteiger partial charge in [0.1, 0.15) is 5.75 Å². The molecule has 6 heteroatoms. The molecule has 4 nitrogen and oxygen atoms in total. The molecule has 1 N–H and O–H groups in total. The van der Waals surface area contributed by atoms with Crippen LogP contribution in [0.2, 0.25) is 0 Å². The summed E-state index contributed by atoms with van der Waals surface area (Å²) in [6, 6.07) is 7.64. The maximum atomic E-state index is 11.6. The van der Waals surface area contributed by atoms with E-state index < -0.39 is 0 Å². The van der Waals surface area contributed by atoms with Crippen LogP contribution in [0.5, 0.6) is 5.75 Å². The normalized spacial score (nSPS) is 12.5. The number of ether oxygens (including phenoxy) is 2. The van der Waals surface area contributed by atoms with Crippen molar-refractivity contribution in [2.75, 3.05) is 13.7 Å². The first-order valence-corrected chi connectivity index (χ1v) is 7.58. The number of nitrogens with one attached hydrogen (secondary N) is 1. The highest BCUT2D eigenvalue weighted by Crippen LogP contribution is 2.11. The van der Waals surface area contributed by atoms with E-state index in [0.717, 1.165) is 15.8 Å². The van der Waals surface area contributed by atoms with Gasteiger partial charge in [-0.2, -0.15) is 0 Å². The second kappa shape index (κ2) is 7.19. The van der Waals surface area contributed by atoms with Gasteiger partial charge in [-0.15, -0.1) is 11.3 Å². The van der Waals surface area contributed by atoms with Gasteiger partial charge in [0.05, 0.1) is 23.6 Å². The third-order valence-electron chi connectivity index (χ3n) is 2.67. The van der Waals surface area contributed by atoms with Gasteiger partial charge >= 0.3 is 5.97 Å². The van der Waals surface area contributed by atoms with Gasteiger partial charge in [0.2, 0.25) is 0 Å². The highest BCUT2D eigenvalue weighted by molar-refractivity contribution is 7.73. The van der Waals surface area contributed by atoms with Crippen molar-refractivity contribution in [1.29, 1.82) is 0 Å². The van der Waals surface area contributed by atoms with Gasteiger partial charge in [0.25, 0.3) is 0 Å². The van der Waals surface area contributed by atoms with E-state index in [1.807, 2.05) is 30.3 Å². The van der Waals surface area contributed by atoms with Crippen molar-refractivity contribution in [3.63, 3.8) is 0 Å². The number of aromatic amines is 1. The van der Waals surface area contributed by atoms with Crippen LogP contribution in [-0.2, 0) is 9.53 Å². The van der Waals surface area contributed by atoms with Crippen LogP contribution in [0.1, 0.15) is 12.5 Å². The predicted octanol–water partition coefficient (Wildman–Crippen LogP) is 1.99. The van der Waals surface area contributed by atoms with Gasteiger partial charge in [-0.1, -0.05) is 12.1 Å². The molecule has 0 spiro atoms. The second-order valence-electron chi connectivity index (χ2n) is 4.11. The second-order valence-corrected chi connectivity index (χ2v) is 5.83. The lowest BCUT2D eigenvalue weighted by atomic mass is 10.2. The van der Waals surface area contributed by atoms with E-state index in [1.165, 1.54) is 17.4 Å². The summed E-state index contributed by atoms with van der Waals surface area (Å²) in [4.78, 5) is 14.6.